The van der Waals surface area contributed by atoms with E-state index in [2.05, 4.69) is 20.2 Å². The number of ether oxygens (including phenoxy) is 1. The third-order valence-corrected chi connectivity index (χ3v) is 5.46. The van der Waals surface area contributed by atoms with E-state index in [0.29, 0.717) is 18.7 Å². The van der Waals surface area contributed by atoms with Gasteiger partial charge in [-0.3, -0.25) is 9.78 Å². The summed E-state index contributed by atoms with van der Waals surface area (Å²) < 4.78 is 33.1. The van der Waals surface area contributed by atoms with Crippen molar-refractivity contribution in [3.63, 3.8) is 0 Å². The van der Waals surface area contributed by atoms with E-state index >= 15 is 0 Å². The molecule has 8 heteroatoms. The van der Waals surface area contributed by atoms with Gasteiger partial charge in [0.1, 0.15) is 12.4 Å². The third-order valence-electron chi connectivity index (χ3n) is 5.46. The lowest BCUT2D eigenvalue weighted by Gasteiger charge is -2.23. The number of rotatable bonds is 10. The van der Waals surface area contributed by atoms with Gasteiger partial charge in [0.25, 0.3) is 0 Å². The Kier molecular flexibility index (Phi) is 8.53. The number of hydrogen-bond donors (Lipinski definition) is 1. The molecule has 3 rings (SSSR count). The second-order valence-electron chi connectivity index (χ2n) is 7.88. The first kappa shape index (κ1) is 23.6. The largest absolute Gasteiger partial charge is 0.482 e. The van der Waals surface area contributed by atoms with Gasteiger partial charge in [-0.25, -0.2) is 0 Å². The average molecular weight is 446 g/mol. The lowest BCUT2D eigenvalue weighted by Crippen LogP contribution is -2.46. The number of oxime groups is 1. The van der Waals surface area contributed by atoms with E-state index in [-0.39, 0.29) is 18.2 Å². The first-order valence-electron chi connectivity index (χ1n) is 11.0. The molecule has 1 heterocycles. The van der Waals surface area contributed by atoms with Gasteiger partial charge in [0, 0.05) is 18.9 Å². The van der Waals surface area contributed by atoms with Crippen LogP contribution in [0.2, 0.25) is 0 Å². The number of carbonyl (C=O) groups excluding carboxylic acids is 1. The highest BCUT2D eigenvalue weighted by molar-refractivity contribution is 6.00. The maximum Gasteiger partial charge on any atom is 0.482 e. The van der Waals surface area contributed by atoms with E-state index in [1.165, 1.54) is 18.6 Å². The van der Waals surface area contributed by atoms with Crippen molar-refractivity contribution >= 4 is 11.6 Å². The molecule has 1 amide bonds. The third kappa shape index (κ3) is 7.00. The lowest BCUT2D eigenvalue weighted by molar-refractivity contribution is -0.193. The number of halogens is 2. The van der Waals surface area contributed by atoms with Crippen molar-refractivity contribution in [2.45, 2.75) is 58.2 Å². The van der Waals surface area contributed by atoms with Crippen LogP contribution in [0.3, 0.4) is 0 Å². The Labute approximate surface area is 187 Å². The summed E-state index contributed by atoms with van der Waals surface area (Å²) in [6.07, 6.45) is 5.25. The average Bonchev–Trinajstić information content (AvgIpc) is 2.82. The Hall–Kier alpha value is -3.03. The predicted octanol–water partition coefficient (Wildman–Crippen LogP) is 5.08. The number of aromatic nitrogens is 1. The number of pyridine rings is 1. The Bertz CT molecular complexity index is 883. The van der Waals surface area contributed by atoms with Crippen LogP contribution in [0.25, 0.3) is 0 Å². The molecule has 1 aromatic heterocycles. The quantitative estimate of drug-likeness (QED) is 0.409. The van der Waals surface area contributed by atoms with Gasteiger partial charge < -0.3 is 14.9 Å². The van der Waals surface area contributed by atoms with Crippen LogP contribution in [0.4, 0.5) is 8.78 Å². The van der Waals surface area contributed by atoms with Crippen molar-refractivity contribution in [3.05, 3.63) is 59.9 Å². The first-order valence-corrected chi connectivity index (χ1v) is 11.0. The fourth-order valence-corrected chi connectivity index (χ4v) is 3.63. The van der Waals surface area contributed by atoms with Crippen LogP contribution < -0.4 is 10.1 Å². The summed E-state index contributed by atoms with van der Waals surface area (Å²) in [5.74, 6) is -1.25. The summed E-state index contributed by atoms with van der Waals surface area (Å²) in [5.41, 5.74) is 2.33. The molecule has 1 saturated carbocycles. The van der Waals surface area contributed by atoms with Gasteiger partial charge in [0.05, 0.1) is 5.71 Å². The van der Waals surface area contributed by atoms with Gasteiger partial charge in [-0.05, 0) is 72.7 Å². The molecule has 2 aromatic rings. The van der Waals surface area contributed by atoms with Gasteiger partial charge in [-0.1, -0.05) is 31.3 Å². The van der Waals surface area contributed by atoms with Crippen LogP contribution in [-0.4, -0.2) is 29.3 Å². The topological polar surface area (TPSA) is 72.8 Å². The fourth-order valence-electron chi connectivity index (χ4n) is 3.63. The standard InChI is InChI=1S/C24H29F2N3O3/c1-2-22(29-31-17-19-12-14-27-15-13-19)20-8-10-21(11-9-20)32-24(25,26)23(30)28-16-18-6-4-3-5-7-18/h8-15,18H,2-7,16-17H2,1H3,(H,28,30)/b29-22-. The number of nitrogens with one attached hydrogen (secondary N) is 1. The minimum atomic E-state index is -3.94. The monoisotopic (exact) mass is 445 g/mol. The van der Waals surface area contributed by atoms with Crippen LogP contribution in [0, 0.1) is 5.92 Å². The first-order chi connectivity index (χ1) is 15.5. The zero-order valence-corrected chi connectivity index (χ0v) is 18.2. The van der Waals surface area contributed by atoms with Crippen molar-refractivity contribution in [2.75, 3.05) is 6.54 Å². The summed E-state index contributed by atoms with van der Waals surface area (Å²) in [6.45, 7) is 2.48. The Morgan fingerprint density at radius 1 is 1.12 bits per heavy atom. The minimum Gasteiger partial charge on any atom is -0.425 e. The molecule has 0 unspecified atom stereocenters. The minimum absolute atomic E-state index is 0.0975. The molecule has 1 fully saturated rings. The molecule has 1 N–H and O–H groups in total. The van der Waals surface area contributed by atoms with Crippen LogP contribution in [0.1, 0.15) is 56.6 Å². The van der Waals surface area contributed by atoms with Crippen molar-refractivity contribution in [1.82, 2.24) is 10.3 Å². The van der Waals surface area contributed by atoms with Gasteiger partial charge in [-0.2, -0.15) is 8.78 Å². The van der Waals surface area contributed by atoms with Crippen LogP contribution in [0.5, 0.6) is 5.75 Å². The molecule has 0 aliphatic heterocycles. The van der Waals surface area contributed by atoms with Gasteiger partial charge in [0.15, 0.2) is 0 Å². The second-order valence-corrected chi connectivity index (χ2v) is 7.88. The zero-order valence-electron chi connectivity index (χ0n) is 18.2. The van der Waals surface area contributed by atoms with E-state index in [1.807, 2.05) is 19.1 Å². The predicted molar refractivity (Wildman–Crippen MR) is 117 cm³/mol. The highest BCUT2D eigenvalue weighted by Gasteiger charge is 2.42. The molecular weight excluding hydrogens is 416 g/mol. The number of amides is 1. The van der Waals surface area contributed by atoms with Crippen LogP contribution in [-0.2, 0) is 16.2 Å². The number of carbonyl (C=O) groups is 1. The molecule has 1 aliphatic rings. The van der Waals surface area contributed by atoms with Crippen LogP contribution in [0.15, 0.2) is 53.9 Å². The van der Waals surface area contributed by atoms with Crippen molar-refractivity contribution in [2.24, 2.45) is 11.1 Å². The molecule has 1 aliphatic carbocycles. The maximum absolute atomic E-state index is 14.2. The molecule has 6 nitrogen and oxygen atoms in total. The number of nitrogens with zero attached hydrogens (tertiary/aromatic N) is 2. The Morgan fingerprint density at radius 3 is 2.47 bits per heavy atom. The highest BCUT2D eigenvalue weighted by atomic mass is 19.3. The Morgan fingerprint density at radius 2 is 1.81 bits per heavy atom. The van der Waals surface area contributed by atoms with E-state index in [9.17, 15) is 13.6 Å². The molecule has 0 saturated heterocycles. The maximum atomic E-state index is 14.2. The van der Waals surface area contributed by atoms with Gasteiger partial charge >= 0.3 is 12.0 Å². The normalized spacial score (nSPS) is 15.3. The summed E-state index contributed by atoms with van der Waals surface area (Å²) >= 11 is 0. The highest BCUT2D eigenvalue weighted by Crippen LogP contribution is 2.25. The number of alkyl halides is 2. The SMILES string of the molecule is CC/C(=N/OCc1ccncc1)c1ccc(OC(F)(F)C(=O)NCC2CCCCC2)cc1. The van der Waals surface area contributed by atoms with E-state index < -0.39 is 12.0 Å². The molecule has 0 bridgehead atoms. The van der Waals surface area contributed by atoms with Crippen molar-refractivity contribution in [3.8, 4) is 5.75 Å². The molecule has 32 heavy (non-hydrogen) atoms. The van der Waals surface area contributed by atoms with Crippen LogP contribution >= 0.6 is 0 Å². The molecule has 0 atom stereocenters. The molecular formula is C24H29F2N3O3. The summed E-state index contributed by atoms with van der Waals surface area (Å²) in [4.78, 5) is 21.3. The van der Waals surface area contributed by atoms with Gasteiger partial charge in [-0.15, -0.1) is 0 Å². The Balaban J connectivity index is 1.53. The summed E-state index contributed by atoms with van der Waals surface area (Å²) in [6, 6.07) is 9.68. The van der Waals surface area contributed by atoms with E-state index in [4.69, 9.17) is 4.84 Å². The summed E-state index contributed by atoms with van der Waals surface area (Å²) in [7, 11) is 0. The molecule has 0 spiro atoms. The second kappa shape index (κ2) is 11.5. The molecule has 172 valence electrons. The summed E-state index contributed by atoms with van der Waals surface area (Å²) in [5, 5.41) is 6.49. The smallest absolute Gasteiger partial charge is 0.425 e. The fraction of sp³-hybridized carbons (Fsp3) is 0.458. The van der Waals surface area contributed by atoms with E-state index in [0.717, 1.165) is 36.8 Å². The number of benzene rings is 1. The lowest BCUT2D eigenvalue weighted by atomic mass is 9.89. The van der Waals surface area contributed by atoms with E-state index in [1.54, 1.807) is 24.5 Å². The number of hydrogen-bond acceptors (Lipinski definition) is 5. The zero-order chi connectivity index (χ0) is 22.8. The molecule has 1 aromatic carbocycles. The van der Waals surface area contributed by atoms with Crippen molar-refractivity contribution < 1.29 is 23.1 Å². The molecule has 0 radical (unpaired) electrons. The van der Waals surface area contributed by atoms with Gasteiger partial charge in [0.2, 0.25) is 0 Å². The van der Waals surface area contributed by atoms with Crippen molar-refractivity contribution in [1.29, 1.82) is 0 Å².